The molecule has 1 aromatic heterocycles. The Morgan fingerprint density at radius 1 is 1.22 bits per heavy atom. The third-order valence-corrected chi connectivity index (χ3v) is 5.71. The number of hydrogen-bond donors (Lipinski definition) is 2. The van der Waals surface area contributed by atoms with Crippen LogP contribution < -0.4 is 4.74 Å². The summed E-state index contributed by atoms with van der Waals surface area (Å²) >= 11 is 0. The summed E-state index contributed by atoms with van der Waals surface area (Å²) in [6.07, 6.45) is 2.58. The molecule has 27 heavy (non-hydrogen) atoms. The minimum absolute atomic E-state index is 0.0584. The molecule has 1 aliphatic heterocycles. The van der Waals surface area contributed by atoms with E-state index in [4.69, 9.17) is 4.74 Å². The molecule has 1 saturated heterocycles. The number of β-amino-alcohol motifs (C(OH)–C–C–N with tert-alkyl or cyclic N) is 1. The summed E-state index contributed by atoms with van der Waals surface area (Å²) in [5, 5.41) is 19.7. The first-order valence-corrected chi connectivity index (χ1v) is 9.46. The van der Waals surface area contributed by atoms with Crippen LogP contribution in [0.2, 0.25) is 0 Å². The smallest absolute Gasteiger partial charge is 0.165 e. The molecule has 5 nitrogen and oxygen atoms in total. The Balaban J connectivity index is 1.29. The first-order chi connectivity index (χ1) is 13.0. The molecular formula is C21H25FN2O3. The van der Waals surface area contributed by atoms with E-state index in [1.165, 1.54) is 18.3 Å². The van der Waals surface area contributed by atoms with Crippen molar-refractivity contribution in [3.63, 3.8) is 0 Å². The number of fused-ring (bicyclic) bond motifs is 1. The van der Waals surface area contributed by atoms with E-state index < -0.39 is 6.10 Å². The average Bonchev–Trinajstić information content (AvgIpc) is 3.15. The monoisotopic (exact) mass is 372 g/mol. The van der Waals surface area contributed by atoms with Crippen molar-refractivity contribution in [1.82, 2.24) is 9.88 Å². The lowest BCUT2D eigenvalue weighted by molar-refractivity contribution is 0.112. The van der Waals surface area contributed by atoms with Gasteiger partial charge in [0.1, 0.15) is 11.9 Å². The SMILES string of the molecule is Cc1ccc(O[C@H]2C[C@@H]3CN(C[C@H](O)c4ccc(O)cn4)C[C@@H]3C2)c(F)c1. The summed E-state index contributed by atoms with van der Waals surface area (Å²) in [7, 11) is 0. The van der Waals surface area contributed by atoms with Crippen LogP contribution in [-0.2, 0) is 0 Å². The number of aliphatic hydroxyl groups is 1. The number of nitrogens with zero attached hydrogens (tertiary/aromatic N) is 2. The highest BCUT2D eigenvalue weighted by Crippen LogP contribution is 2.40. The predicted molar refractivity (Wildman–Crippen MR) is 99.1 cm³/mol. The fraction of sp³-hybridized carbons (Fsp3) is 0.476. The van der Waals surface area contributed by atoms with Crippen molar-refractivity contribution in [3.05, 3.63) is 53.6 Å². The molecule has 2 heterocycles. The lowest BCUT2D eigenvalue weighted by Gasteiger charge is -2.22. The Kier molecular flexibility index (Phi) is 5.02. The summed E-state index contributed by atoms with van der Waals surface area (Å²) in [5.74, 6) is 1.18. The van der Waals surface area contributed by atoms with E-state index in [0.717, 1.165) is 31.5 Å². The van der Waals surface area contributed by atoms with Crippen LogP contribution in [0.5, 0.6) is 11.5 Å². The second kappa shape index (κ2) is 7.44. The van der Waals surface area contributed by atoms with Gasteiger partial charge in [0.25, 0.3) is 0 Å². The zero-order valence-corrected chi connectivity index (χ0v) is 15.4. The van der Waals surface area contributed by atoms with E-state index in [1.807, 2.05) is 13.0 Å². The third kappa shape index (κ3) is 4.06. The highest BCUT2D eigenvalue weighted by Gasteiger charge is 2.42. The predicted octanol–water partition coefficient (Wildman–Crippen LogP) is 3.06. The lowest BCUT2D eigenvalue weighted by Crippen LogP contribution is -2.29. The van der Waals surface area contributed by atoms with Gasteiger partial charge in [-0.05, 0) is 61.4 Å². The normalized spacial score (nSPS) is 26.1. The Hall–Kier alpha value is -2.18. The number of ether oxygens (including phenoxy) is 1. The molecule has 4 rings (SSSR count). The van der Waals surface area contributed by atoms with E-state index in [1.54, 1.807) is 12.1 Å². The molecule has 4 atom stereocenters. The Morgan fingerprint density at radius 3 is 2.59 bits per heavy atom. The molecular weight excluding hydrogens is 347 g/mol. The molecule has 1 aliphatic carbocycles. The molecule has 2 N–H and O–H groups in total. The van der Waals surface area contributed by atoms with E-state index in [0.29, 0.717) is 29.8 Å². The fourth-order valence-electron chi connectivity index (χ4n) is 4.40. The van der Waals surface area contributed by atoms with Crippen molar-refractivity contribution in [2.75, 3.05) is 19.6 Å². The number of pyridine rings is 1. The van der Waals surface area contributed by atoms with Gasteiger partial charge in [0.05, 0.1) is 18.0 Å². The van der Waals surface area contributed by atoms with Crippen LogP contribution in [0.4, 0.5) is 4.39 Å². The van der Waals surface area contributed by atoms with Crippen molar-refractivity contribution in [2.24, 2.45) is 11.8 Å². The molecule has 1 aromatic carbocycles. The van der Waals surface area contributed by atoms with Gasteiger partial charge in [-0.25, -0.2) is 4.39 Å². The minimum atomic E-state index is -0.668. The van der Waals surface area contributed by atoms with Gasteiger partial charge in [-0.1, -0.05) is 6.07 Å². The number of likely N-dealkylation sites (tertiary alicyclic amines) is 1. The first-order valence-electron chi connectivity index (χ1n) is 9.46. The van der Waals surface area contributed by atoms with Crippen molar-refractivity contribution in [3.8, 4) is 11.5 Å². The van der Waals surface area contributed by atoms with Gasteiger partial charge in [-0.15, -0.1) is 0 Å². The fourth-order valence-corrected chi connectivity index (χ4v) is 4.40. The summed E-state index contributed by atoms with van der Waals surface area (Å²) in [6.45, 7) is 4.22. The number of rotatable bonds is 5. The molecule has 0 bridgehead atoms. The van der Waals surface area contributed by atoms with Crippen molar-refractivity contribution in [2.45, 2.75) is 32.0 Å². The van der Waals surface area contributed by atoms with E-state index in [-0.39, 0.29) is 17.7 Å². The van der Waals surface area contributed by atoms with E-state index in [2.05, 4.69) is 9.88 Å². The van der Waals surface area contributed by atoms with Gasteiger partial charge in [0.15, 0.2) is 11.6 Å². The molecule has 144 valence electrons. The zero-order valence-electron chi connectivity index (χ0n) is 15.4. The first kappa shape index (κ1) is 18.2. The highest BCUT2D eigenvalue weighted by atomic mass is 19.1. The summed E-state index contributed by atoms with van der Waals surface area (Å²) in [5.41, 5.74) is 1.46. The molecule has 2 aliphatic rings. The van der Waals surface area contributed by atoms with Crippen LogP contribution in [0.25, 0.3) is 0 Å². The lowest BCUT2D eigenvalue weighted by atomic mass is 10.0. The second-order valence-corrected chi connectivity index (χ2v) is 7.84. The molecule has 2 fully saturated rings. The van der Waals surface area contributed by atoms with Crippen LogP contribution in [0, 0.1) is 24.6 Å². The topological polar surface area (TPSA) is 65.8 Å². The van der Waals surface area contributed by atoms with Crippen LogP contribution in [0.3, 0.4) is 0 Å². The van der Waals surface area contributed by atoms with Crippen molar-refractivity contribution in [1.29, 1.82) is 0 Å². The van der Waals surface area contributed by atoms with Gasteiger partial charge in [-0.3, -0.25) is 9.88 Å². The quantitative estimate of drug-likeness (QED) is 0.845. The number of hydrogen-bond acceptors (Lipinski definition) is 5. The van der Waals surface area contributed by atoms with Crippen LogP contribution in [0.1, 0.15) is 30.2 Å². The van der Waals surface area contributed by atoms with Gasteiger partial charge in [-0.2, -0.15) is 0 Å². The summed E-state index contributed by atoms with van der Waals surface area (Å²) < 4.78 is 19.9. The average molecular weight is 372 g/mol. The number of aliphatic hydroxyl groups excluding tert-OH is 1. The number of aromatic nitrogens is 1. The Morgan fingerprint density at radius 2 is 1.96 bits per heavy atom. The maximum Gasteiger partial charge on any atom is 0.165 e. The minimum Gasteiger partial charge on any atom is -0.506 e. The zero-order chi connectivity index (χ0) is 19.0. The number of aromatic hydroxyl groups is 1. The van der Waals surface area contributed by atoms with Gasteiger partial charge in [0, 0.05) is 19.6 Å². The van der Waals surface area contributed by atoms with Crippen LogP contribution in [0.15, 0.2) is 36.5 Å². The Labute approximate surface area is 158 Å². The van der Waals surface area contributed by atoms with Crippen molar-refractivity contribution >= 4 is 0 Å². The van der Waals surface area contributed by atoms with Crippen LogP contribution in [-0.4, -0.2) is 45.8 Å². The number of benzene rings is 1. The molecule has 2 aromatic rings. The maximum atomic E-state index is 14.0. The molecule has 0 amide bonds. The van der Waals surface area contributed by atoms with E-state index in [9.17, 15) is 14.6 Å². The van der Waals surface area contributed by atoms with Crippen molar-refractivity contribution < 1.29 is 19.3 Å². The standard InChI is InChI=1S/C21H25FN2O3/c1-13-2-5-21(18(22)6-13)27-17-7-14-10-24(11-15(14)8-17)12-20(26)19-4-3-16(25)9-23-19/h2-6,9,14-15,17,20,25-26H,7-8,10-12H2,1H3/t14-,15+,17+,20-/m0/s1. The molecule has 0 unspecified atom stereocenters. The molecule has 0 radical (unpaired) electrons. The Bertz CT molecular complexity index is 785. The van der Waals surface area contributed by atoms with Gasteiger partial charge in [0.2, 0.25) is 0 Å². The largest absolute Gasteiger partial charge is 0.506 e. The third-order valence-electron chi connectivity index (χ3n) is 5.71. The molecule has 1 saturated carbocycles. The second-order valence-electron chi connectivity index (χ2n) is 7.84. The van der Waals surface area contributed by atoms with Gasteiger partial charge < -0.3 is 14.9 Å². The molecule has 0 spiro atoms. The summed E-state index contributed by atoms with van der Waals surface area (Å²) in [4.78, 5) is 6.34. The number of halogens is 1. The highest BCUT2D eigenvalue weighted by molar-refractivity contribution is 5.29. The number of aryl methyl sites for hydroxylation is 1. The van der Waals surface area contributed by atoms with E-state index >= 15 is 0 Å². The molecule has 6 heteroatoms. The van der Waals surface area contributed by atoms with Gasteiger partial charge >= 0.3 is 0 Å². The van der Waals surface area contributed by atoms with Crippen LogP contribution >= 0.6 is 0 Å². The maximum absolute atomic E-state index is 14.0. The summed E-state index contributed by atoms with van der Waals surface area (Å²) in [6, 6.07) is 8.28.